The standard InChI is InChI=1S/C20H22N2O4/c1-23-15-6-5-7-16(24-2)14(15)11-13-10-12-8-9-17(25-3)19(26-4)18(12)22-20(13)21/h5-10H,11H2,1-4H3,(H2,21,22). The van der Waals surface area contributed by atoms with Crippen LogP contribution in [0.2, 0.25) is 0 Å². The zero-order valence-corrected chi connectivity index (χ0v) is 15.3. The molecule has 0 spiro atoms. The number of benzene rings is 2. The van der Waals surface area contributed by atoms with Crippen LogP contribution in [0.3, 0.4) is 0 Å². The van der Waals surface area contributed by atoms with E-state index in [9.17, 15) is 0 Å². The van der Waals surface area contributed by atoms with Crippen LogP contribution in [-0.4, -0.2) is 33.4 Å². The highest BCUT2D eigenvalue weighted by Crippen LogP contribution is 2.37. The minimum atomic E-state index is 0.428. The van der Waals surface area contributed by atoms with Gasteiger partial charge in [-0.25, -0.2) is 4.98 Å². The summed E-state index contributed by atoms with van der Waals surface area (Å²) in [5, 5.41) is 0.917. The van der Waals surface area contributed by atoms with E-state index in [1.165, 1.54) is 0 Å². The summed E-state index contributed by atoms with van der Waals surface area (Å²) in [7, 11) is 6.45. The molecule has 0 atom stereocenters. The maximum absolute atomic E-state index is 6.24. The Morgan fingerprint density at radius 1 is 0.846 bits per heavy atom. The number of aromatic nitrogens is 1. The molecule has 0 saturated heterocycles. The largest absolute Gasteiger partial charge is 0.496 e. The Morgan fingerprint density at radius 2 is 1.50 bits per heavy atom. The number of hydrogen-bond acceptors (Lipinski definition) is 6. The molecule has 136 valence electrons. The Hall–Kier alpha value is -3.15. The molecule has 2 N–H and O–H groups in total. The summed E-state index contributed by atoms with van der Waals surface area (Å²) < 4.78 is 21.7. The van der Waals surface area contributed by atoms with Crippen LogP contribution in [0.15, 0.2) is 36.4 Å². The maximum Gasteiger partial charge on any atom is 0.187 e. The van der Waals surface area contributed by atoms with Gasteiger partial charge in [0.25, 0.3) is 0 Å². The summed E-state index contributed by atoms with van der Waals surface area (Å²) in [6.07, 6.45) is 0.538. The molecule has 6 nitrogen and oxygen atoms in total. The van der Waals surface area contributed by atoms with Crippen molar-refractivity contribution in [1.29, 1.82) is 0 Å². The SMILES string of the molecule is COc1cccc(OC)c1Cc1cc2ccc(OC)c(OC)c2nc1N. The van der Waals surface area contributed by atoms with E-state index in [1.807, 2.05) is 36.4 Å². The van der Waals surface area contributed by atoms with Gasteiger partial charge < -0.3 is 24.7 Å². The second kappa shape index (κ2) is 7.39. The fourth-order valence-electron chi connectivity index (χ4n) is 3.05. The van der Waals surface area contributed by atoms with Crippen LogP contribution in [0, 0.1) is 0 Å². The third-order valence-corrected chi connectivity index (χ3v) is 4.34. The molecule has 0 radical (unpaired) electrons. The molecule has 1 aromatic heterocycles. The molecule has 0 aliphatic rings. The van der Waals surface area contributed by atoms with Gasteiger partial charge in [0.1, 0.15) is 22.8 Å². The van der Waals surface area contributed by atoms with E-state index in [0.717, 1.165) is 28.0 Å². The first-order valence-corrected chi connectivity index (χ1v) is 8.12. The van der Waals surface area contributed by atoms with Crippen molar-refractivity contribution in [3.8, 4) is 23.0 Å². The molecule has 2 aromatic carbocycles. The van der Waals surface area contributed by atoms with Gasteiger partial charge in [0.2, 0.25) is 0 Å². The van der Waals surface area contributed by atoms with Crippen molar-refractivity contribution in [1.82, 2.24) is 4.98 Å². The number of fused-ring (bicyclic) bond motifs is 1. The minimum absolute atomic E-state index is 0.428. The molecule has 0 saturated carbocycles. The monoisotopic (exact) mass is 354 g/mol. The Morgan fingerprint density at radius 3 is 2.08 bits per heavy atom. The van der Waals surface area contributed by atoms with Gasteiger partial charge in [-0.15, -0.1) is 0 Å². The van der Waals surface area contributed by atoms with Crippen molar-refractivity contribution in [3.05, 3.63) is 47.5 Å². The van der Waals surface area contributed by atoms with Crippen LogP contribution < -0.4 is 24.7 Å². The lowest BCUT2D eigenvalue weighted by atomic mass is 10.0. The third-order valence-electron chi connectivity index (χ3n) is 4.34. The molecule has 3 aromatic rings. The highest BCUT2D eigenvalue weighted by atomic mass is 16.5. The number of nitrogen functional groups attached to an aromatic ring is 1. The van der Waals surface area contributed by atoms with E-state index in [-0.39, 0.29) is 0 Å². The predicted octanol–water partition coefficient (Wildman–Crippen LogP) is 3.44. The van der Waals surface area contributed by atoms with Crippen LogP contribution in [0.1, 0.15) is 11.1 Å². The fraction of sp³-hybridized carbons (Fsp3) is 0.250. The summed E-state index contributed by atoms with van der Waals surface area (Å²) in [4.78, 5) is 4.55. The summed E-state index contributed by atoms with van der Waals surface area (Å²) in [6, 6.07) is 11.5. The lowest BCUT2D eigenvalue weighted by Gasteiger charge is -2.15. The molecule has 26 heavy (non-hydrogen) atoms. The molecule has 0 fully saturated rings. The van der Waals surface area contributed by atoms with Gasteiger partial charge in [0.05, 0.1) is 28.4 Å². The zero-order valence-electron chi connectivity index (χ0n) is 15.3. The van der Waals surface area contributed by atoms with Gasteiger partial charge in [-0.05, 0) is 35.9 Å². The molecule has 0 amide bonds. The molecular weight excluding hydrogens is 332 g/mol. The molecule has 0 bridgehead atoms. The normalized spacial score (nSPS) is 10.6. The molecular formula is C20H22N2O4. The van der Waals surface area contributed by atoms with Crippen molar-refractivity contribution >= 4 is 16.7 Å². The number of rotatable bonds is 6. The topological polar surface area (TPSA) is 75.8 Å². The van der Waals surface area contributed by atoms with E-state index < -0.39 is 0 Å². The molecule has 1 heterocycles. The zero-order chi connectivity index (χ0) is 18.7. The van der Waals surface area contributed by atoms with Crippen LogP contribution in [0.4, 0.5) is 5.82 Å². The van der Waals surface area contributed by atoms with Gasteiger partial charge in [-0.2, -0.15) is 0 Å². The summed E-state index contributed by atoms with van der Waals surface area (Å²) in [5.41, 5.74) is 8.71. The molecule has 6 heteroatoms. The second-order valence-electron chi connectivity index (χ2n) is 5.72. The number of anilines is 1. The van der Waals surface area contributed by atoms with E-state index in [0.29, 0.717) is 29.3 Å². The highest BCUT2D eigenvalue weighted by Gasteiger charge is 2.16. The quantitative estimate of drug-likeness (QED) is 0.731. The van der Waals surface area contributed by atoms with Crippen LogP contribution >= 0.6 is 0 Å². The van der Waals surface area contributed by atoms with E-state index in [2.05, 4.69) is 4.98 Å². The Balaban J connectivity index is 2.12. The van der Waals surface area contributed by atoms with E-state index in [4.69, 9.17) is 24.7 Å². The molecule has 0 aliphatic carbocycles. The summed E-state index contributed by atoms with van der Waals surface area (Å²) in [5.74, 6) is 3.11. The number of methoxy groups -OCH3 is 4. The van der Waals surface area contributed by atoms with Crippen molar-refractivity contribution in [2.45, 2.75) is 6.42 Å². The maximum atomic E-state index is 6.24. The van der Waals surface area contributed by atoms with Crippen molar-refractivity contribution < 1.29 is 18.9 Å². The Labute approximate surface area is 152 Å². The average molecular weight is 354 g/mol. The van der Waals surface area contributed by atoms with Crippen LogP contribution in [-0.2, 0) is 6.42 Å². The van der Waals surface area contributed by atoms with Gasteiger partial charge in [-0.3, -0.25) is 0 Å². The number of hydrogen-bond donors (Lipinski definition) is 1. The molecule has 0 unspecified atom stereocenters. The van der Waals surface area contributed by atoms with Gasteiger partial charge in [0, 0.05) is 17.4 Å². The smallest absolute Gasteiger partial charge is 0.187 e. The first-order valence-electron chi connectivity index (χ1n) is 8.12. The Kier molecular flexibility index (Phi) is 5.02. The lowest BCUT2D eigenvalue weighted by Crippen LogP contribution is -2.03. The van der Waals surface area contributed by atoms with E-state index >= 15 is 0 Å². The fourth-order valence-corrected chi connectivity index (χ4v) is 3.05. The van der Waals surface area contributed by atoms with Gasteiger partial charge in [-0.1, -0.05) is 6.07 Å². The predicted molar refractivity (Wildman–Crippen MR) is 102 cm³/mol. The molecule has 0 aliphatic heterocycles. The van der Waals surface area contributed by atoms with Crippen molar-refractivity contribution in [3.63, 3.8) is 0 Å². The lowest BCUT2D eigenvalue weighted by molar-refractivity contribution is 0.358. The Bertz CT molecular complexity index is 918. The molecule has 3 rings (SSSR count). The van der Waals surface area contributed by atoms with Crippen LogP contribution in [0.5, 0.6) is 23.0 Å². The van der Waals surface area contributed by atoms with Gasteiger partial charge in [0.15, 0.2) is 11.5 Å². The summed E-state index contributed by atoms with van der Waals surface area (Å²) in [6.45, 7) is 0. The first kappa shape index (κ1) is 17.7. The second-order valence-corrected chi connectivity index (χ2v) is 5.72. The third kappa shape index (κ3) is 3.06. The number of ether oxygens (including phenoxy) is 4. The number of pyridine rings is 1. The number of nitrogens with zero attached hydrogens (tertiary/aromatic N) is 1. The van der Waals surface area contributed by atoms with Gasteiger partial charge >= 0.3 is 0 Å². The highest BCUT2D eigenvalue weighted by molar-refractivity contribution is 5.89. The van der Waals surface area contributed by atoms with Crippen molar-refractivity contribution in [2.24, 2.45) is 0 Å². The first-order chi connectivity index (χ1) is 12.6. The number of nitrogens with two attached hydrogens (primary N) is 1. The van der Waals surface area contributed by atoms with Crippen LogP contribution in [0.25, 0.3) is 10.9 Å². The summed E-state index contributed by atoms with van der Waals surface area (Å²) >= 11 is 0. The minimum Gasteiger partial charge on any atom is -0.496 e. The van der Waals surface area contributed by atoms with E-state index in [1.54, 1.807) is 28.4 Å². The van der Waals surface area contributed by atoms with Crippen molar-refractivity contribution in [2.75, 3.05) is 34.2 Å². The average Bonchev–Trinajstić information content (AvgIpc) is 2.67.